The van der Waals surface area contributed by atoms with Gasteiger partial charge in [-0.25, -0.2) is 0 Å². The fraction of sp³-hybridized carbons (Fsp3) is 0.250. The van der Waals surface area contributed by atoms with E-state index in [1.165, 1.54) is 15.9 Å². The van der Waals surface area contributed by atoms with E-state index in [1.807, 2.05) is 0 Å². The van der Waals surface area contributed by atoms with Crippen LogP contribution in [0.15, 0.2) is 91.0 Å². The molecule has 1 fully saturated rings. The van der Waals surface area contributed by atoms with Crippen molar-refractivity contribution in [2.75, 3.05) is 19.4 Å². The summed E-state index contributed by atoms with van der Waals surface area (Å²) in [7, 11) is -1.72. The Balaban J connectivity index is 0.00000225. The first-order valence-electron chi connectivity index (χ1n) is 9.68. The van der Waals surface area contributed by atoms with Crippen LogP contribution in [-0.2, 0) is 9.47 Å². The lowest BCUT2D eigenvalue weighted by molar-refractivity contribution is -0.0467. The normalized spacial score (nSPS) is 14.6. The van der Waals surface area contributed by atoms with E-state index in [4.69, 9.17) is 9.47 Å². The van der Waals surface area contributed by atoms with Crippen molar-refractivity contribution >= 4 is 23.2 Å². The molecule has 2 nitrogen and oxygen atoms in total. The zero-order valence-corrected chi connectivity index (χ0v) is 18.4. The van der Waals surface area contributed by atoms with Crippen molar-refractivity contribution in [2.24, 2.45) is 0 Å². The lowest BCUT2D eigenvalue weighted by Crippen LogP contribution is -3.00. The first-order chi connectivity index (χ1) is 13.4. The van der Waals surface area contributed by atoms with Crippen LogP contribution in [0, 0.1) is 0 Å². The van der Waals surface area contributed by atoms with Crippen LogP contribution >= 0.6 is 7.26 Å². The van der Waals surface area contributed by atoms with Crippen LogP contribution < -0.4 is 32.9 Å². The molecule has 0 aromatic heterocycles. The van der Waals surface area contributed by atoms with Crippen LogP contribution in [-0.4, -0.2) is 25.7 Å². The minimum Gasteiger partial charge on any atom is -1.00 e. The Bertz CT molecular complexity index is 724. The number of ether oxygens (including phenoxy) is 2. The second kappa shape index (κ2) is 10.3. The van der Waals surface area contributed by atoms with Gasteiger partial charge in [-0.1, -0.05) is 54.6 Å². The van der Waals surface area contributed by atoms with Crippen LogP contribution in [0.25, 0.3) is 0 Å². The number of benzene rings is 3. The maximum atomic E-state index is 5.67. The summed E-state index contributed by atoms with van der Waals surface area (Å²) in [5.74, 6) is 0. The first kappa shape index (κ1) is 21.2. The summed E-state index contributed by atoms with van der Waals surface area (Å²) in [4.78, 5) is 0. The van der Waals surface area contributed by atoms with Gasteiger partial charge < -0.3 is 26.5 Å². The molecule has 0 amide bonds. The van der Waals surface area contributed by atoms with Crippen molar-refractivity contribution in [1.29, 1.82) is 0 Å². The second-order valence-corrected chi connectivity index (χ2v) is 10.5. The largest absolute Gasteiger partial charge is 1.00 e. The Kier molecular flexibility index (Phi) is 7.82. The van der Waals surface area contributed by atoms with Gasteiger partial charge in [0.1, 0.15) is 23.2 Å². The van der Waals surface area contributed by atoms with Gasteiger partial charge in [0.05, 0.1) is 19.4 Å². The van der Waals surface area contributed by atoms with Crippen LogP contribution in [0.4, 0.5) is 0 Å². The molecule has 146 valence electrons. The molecule has 3 aromatic rings. The van der Waals surface area contributed by atoms with Gasteiger partial charge in [0.15, 0.2) is 6.29 Å². The molecule has 1 aliphatic rings. The van der Waals surface area contributed by atoms with Crippen molar-refractivity contribution in [3.8, 4) is 0 Å². The summed E-state index contributed by atoms with van der Waals surface area (Å²) in [5, 5.41) is 4.32. The van der Waals surface area contributed by atoms with E-state index in [9.17, 15) is 0 Å². The lowest BCUT2D eigenvalue weighted by Gasteiger charge is -2.28. The quantitative estimate of drug-likeness (QED) is 0.496. The smallest absolute Gasteiger partial charge is 0.157 e. The molecule has 1 aliphatic heterocycles. The summed E-state index contributed by atoms with van der Waals surface area (Å²) < 4.78 is 11.3. The Labute approximate surface area is 179 Å². The van der Waals surface area contributed by atoms with E-state index in [0.29, 0.717) is 0 Å². The van der Waals surface area contributed by atoms with E-state index >= 15 is 0 Å². The van der Waals surface area contributed by atoms with E-state index in [1.54, 1.807) is 0 Å². The van der Waals surface area contributed by atoms with Gasteiger partial charge in [0, 0.05) is 6.42 Å². The van der Waals surface area contributed by atoms with Crippen molar-refractivity contribution in [3.05, 3.63) is 91.0 Å². The van der Waals surface area contributed by atoms with Gasteiger partial charge >= 0.3 is 0 Å². The molecule has 4 rings (SSSR count). The molecule has 0 radical (unpaired) electrons. The van der Waals surface area contributed by atoms with Crippen LogP contribution in [0.1, 0.15) is 12.8 Å². The van der Waals surface area contributed by atoms with Gasteiger partial charge in [-0.3, -0.25) is 0 Å². The molecule has 0 aliphatic carbocycles. The number of hydrogen-bond acceptors (Lipinski definition) is 2. The van der Waals surface area contributed by atoms with Crippen LogP contribution in [0.3, 0.4) is 0 Å². The topological polar surface area (TPSA) is 18.5 Å². The summed E-state index contributed by atoms with van der Waals surface area (Å²) in [6, 6.07) is 33.1. The molecule has 0 N–H and O–H groups in total. The van der Waals surface area contributed by atoms with Gasteiger partial charge in [-0.2, -0.15) is 0 Å². The second-order valence-electron chi connectivity index (χ2n) is 6.85. The maximum absolute atomic E-state index is 5.67. The minimum atomic E-state index is -1.72. The van der Waals surface area contributed by atoms with E-state index in [0.717, 1.165) is 32.2 Å². The fourth-order valence-corrected chi connectivity index (χ4v) is 8.32. The molecule has 3 aromatic carbocycles. The third-order valence-electron chi connectivity index (χ3n) is 5.22. The molecular formula is C24H26BrO2P. The van der Waals surface area contributed by atoms with Crippen molar-refractivity contribution in [2.45, 2.75) is 19.1 Å². The average molecular weight is 457 g/mol. The van der Waals surface area contributed by atoms with E-state index in [2.05, 4.69) is 91.0 Å². The van der Waals surface area contributed by atoms with Gasteiger partial charge in [-0.05, 0) is 42.8 Å². The highest BCUT2D eigenvalue weighted by atomic mass is 79.9. The standard InChI is InChI=1S/C24H26O2P.BrH/c1-4-11-21(12-5-1)27(22-13-6-2-7-14-22,23-15-8-3-9-16-23)20-10-17-24-25-18-19-26-24;/h1-9,11-16,24H,10,17-20H2;1H/q+1;/p-1. The molecule has 0 bridgehead atoms. The van der Waals surface area contributed by atoms with Gasteiger partial charge in [0.25, 0.3) is 0 Å². The van der Waals surface area contributed by atoms with Crippen LogP contribution in [0.5, 0.6) is 0 Å². The monoisotopic (exact) mass is 456 g/mol. The third-order valence-corrected chi connectivity index (χ3v) is 9.74. The molecule has 28 heavy (non-hydrogen) atoms. The van der Waals surface area contributed by atoms with Crippen molar-refractivity contribution in [3.63, 3.8) is 0 Å². The summed E-state index contributed by atoms with van der Waals surface area (Å²) in [6.07, 6.45) is 3.12. The molecule has 0 unspecified atom stereocenters. The summed E-state index contributed by atoms with van der Waals surface area (Å²) in [6.45, 7) is 1.45. The van der Waals surface area contributed by atoms with Crippen LogP contribution in [0.2, 0.25) is 0 Å². The molecule has 1 saturated heterocycles. The highest BCUT2D eigenvalue weighted by Crippen LogP contribution is 2.56. The minimum absolute atomic E-state index is 0. The number of rotatable bonds is 7. The predicted octanol–water partition coefficient (Wildman–Crippen LogP) is 1.14. The molecule has 4 heteroatoms. The van der Waals surface area contributed by atoms with E-state index in [-0.39, 0.29) is 23.3 Å². The van der Waals surface area contributed by atoms with Gasteiger partial charge in [-0.15, -0.1) is 0 Å². The number of hydrogen-bond donors (Lipinski definition) is 0. The van der Waals surface area contributed by atoms with E-state index < -0.39 is 7.26 Å². The lowest BCUT2D eigenvalue weighted by atomic mass is 10.3. The fourth-order valence-electron chi connectivity index (χ4n) is 3.95. The van der Waals surface area contributed by atoms with Crippen molar-refractivity contribution < 1.29 is 26.5 Å². The average Bonchev–Trinajstić information content (AvgIpc) is 3.27. The number of halogens is 1. The molecule has 0 spiro atoms. The van der Waals surface area contributed by atoms with Crippen molar-refractivity contribution in [1.82, 2.24) is 0 Å². The highest BCUT2D eigenvalue weighted by molar-refractivity contribution is 7.95. The zero-order chi connectivity index (χ0) is 18.4. The molecule has 1 heterocycles. The predicted molar refractivity (Wildman–Crippen MR) is 115 cm³/mol. The molecule has 0 saturated carbocycles. The Morgan fingerprint density at radius 1 is 0.643 bits per heavy atom. The Morgan fingerprint density at radius 2 is 1.04 bits per heavy atom. The van der Waals surface area contributed by atoms with Gasteiger partial charge in [0.2, 0.25) is 0 Å². The Morgan fingerprint density at radius 3 is 1.43 bits per heavy atom. The Hall–Kier alpha value is -1.51. The SMILES string of the molecule is [Br-].c1ccc([P+](CCCC2OCCO2)(c2ccccc2)c2ccccc2)cc1. The highest BCUT2D eigenvalue weighted by Gasteiger charge is 2.44. The first-order valence-corrected chi connectivity index (χ1v) is 11.7. The summed E-state index contributed by atoms with van der Waals surface area (Å²) >= 11 is 0. The zero-order valence-electron chi connectivity index (χ0n) is 15.9. The maximum Gasteiger partial charge on any atom is 0.157 e. The third kappa shape index (κ3) is 4.55. The summed E-state index contributed by atoms with van der Waals surface area (Å²) in [5.41, 5.74) is 0. The molecule has 0 atom stereocenters. The molecular weight excluding hydrogens is 431 g/mol.